The third-order valence-corrected chi connectivity index (χ3v) is 3.39. The highest BCUT2D eigenvalue weighted by molar-refractivity contribution is 6.99. The zero-order valence-corrected chi connectivity index (χ0v) is 12.7. The van der Waals surface area contributed by atoms with E-state index in [4.69, 9.17) is 10.2 Å². The van der Waals surface area contributed by atoms with Crippen molar-refractivity contribution >= 4 is 23.4 Å². The van der Waals surface area contributed by atoms with Crippen LogP contribution < -0.4 is 11.1 Å². The molecule has 0 radical (unpaired) electrons. The van der Waals surface area contributed by atoms with Crippen LogP contribution >= 0.6 is 11.7 Å². The normalized spacial score (nSPS) is 11.2. The number of hydrogen-bond acceptors (Lipinski definition) is 7. The summed E-state index contributed by atoms with van der Waals surface area (Å²) in [5.74, 6) is 3.25. The first-order valence-electron chi connectivity index (χ1n) is 6.69. The fraction of sp³-hybridized carbons (Fsp3) is 0.538. The van der Waals surface area contributed by atoms with Crippen LogP contribution in [0.1, 0.15) is 24.4 Å². The lowest BCUT2D eigenvalue weighted by Gasteiger charge is -2.06. The van der Waals surface area contributed by atoms with Crippen LogP contribution in [-0.4, -0.2) is 34.3 Å². The Balaban J connectivity index is 1.63. The van der Waals surface area contributed by atoms with Gasteiger partial charge in [0.05, 0.1) is 18.3 Å². The van der Waals surface area contributed by atoms with E-state index in [9.17, 15) is 0 Å². The summed E-state index contributed by atoms with van der Waals surface area (Å²) in [6.45, 7) is 1.69. The average molecular weight is 295 g/mol. The molecule has 2 rings (SSSR count). The fourth-order valence-corrected chi connectivity index (χ4v) is 2.36. The van der Waals surface area contributed by atoms with Crippen molar-refractivity contribution in [2.45, 2.75) is 25.8 Å². The zero-order chi connectivity index (χ0) is 14.4. The third kappa shape index (κ3) is 4.50. The number of aromatic nitrogens is 2. The highest BCUT2D eigenvalue weighted by atomic mass is 32.1. The highest BCUT2D eigenvalue weighted by Crippen LogP contribution is 2.15. The Morgan fingerprint density at radius 3 is 2.75 bits per heavy atom. The lowest BCUT2D eigenvalue weighted by Crippen LogP contribution is -2.09. The van der Waals surface area contributed by atoms with Crippen LogP contribution in [0, 0.1) is 0 Å². The number of nitrogens with two attached hydrogens (primary N) is 1. The van der Waals surface area contributed by atoms with E-state index in [-0.39, 0.29) is 0 Å². The number of aryl methyl sites for hydroxylation is 1. The summed E-state index contributed by atoms with van der Waals surface area (Å²) < 4.78 is 13.8. The Hall–Kier alpha value is -1.60. The van der Waals surface area contributed by atoms with Crippen molar-refractivity contribution in [2.75, 3.05) is 31.7 Å². The minimum Gasteiger partial charge on any atom is -0.465 e. The molecule has 0 atom stereocenters. The molecule has 0 fully saturated rings. The molecule has 0 aliphatic carbocycles. The molecule has 0 aliphatic heterocycles. The predicted octanol–water partition coefficient (Wildman–Crippen LogP) is 2.21. The minimum absolute atomic E-state index is 0.481. The molecule has 0 amide bonds. The van der Waals surface area contributed by atoms with Crippen molar-refractivity contribution in [1.29, 1.82) is 0 Å². The molecular formula is C13H21N5OS. The Labute approximate surface area is 123 Å². The average Bonchev–Trinajstić information content (AvgIpc) is 2.98. The smallest absolute Gasteiger partial charge is 0.184 e. The maximum atomic E-state index is 5.76. The zero-order valence-electron chi connectivity index (χ0n) is 11.9. The first-order chi connectivity index (χ1) is 9.65. The summed E-state index contributed by atoms with van der Waals surface area (Å²) in [7, 11) is 4.07. The minimum atomic E-state index is 0.481. The van der Waals surface area contributed by atoms with Gasteiger partial charge in [-0.15, -0.1) is 0 Å². The van der Waals surface area contributed by atoms with Gasteiger partial charge in [0.2, 0.25) is 0 Å². The molecule has 0 spiro atoms. The molecule has 7 heteroatoms. The van der Waals surface area contributed by atoms with Crippen LogP contribution in [0.3, 0.4) is 0 Å². The number of rotatable bonds is 8. The molecule has 3 N–H and O–H groups in total. The molecule has 0 unspecified atom stereocenters. The van der Waals surface area contributed by atoms with Crippen molar-refractivity contribution < 1.29 is 4.42 Å². The van der Waals surface area contributed by atoms with Crippen LogP contribution in [0.5, 0.6) is 0 Å². The van der Waals surface area contributed by atoms with Gasteiger partial charge in [0.15, 0.2) is 11.6 Å². The quantitative estimate of drug-likeness (QED) is 0.727. The number of hydrogen-bond donors (Lipinski definition) is 2. The Morgan fingerprint density at radius 1 is 1.25 bits per heavy atom. The van der Waals surface area contributed by atoms with E-state index in [0.717, 1.165) is 55.6 Å². The van der Waals surface area contributed by atoms with Crippen LogP contribution in [0.15, 0.2) is 16.5 Å². The van der Waals surface area contributed by atoms with Gasteiger partial charge in [0.25, 0.3) is 0 Å². The second kappa shape index (κ2) is 7.25. The van der Waals surface area contributed by atoms with Gasteiger partial charge in [-0.1, -0.05) is 0 Å². The molecule has 2 aromatic rings. The van der Waals surface area contributed by atoms with Crippen molar-refractivity contribution in [3.05, 3.63) is 23.7 Å². The van der Waals surface area contributed by atoms with Crippen molar-refractivity contribution in [3.63, 3.8) is 0 Å². The summed E-state index contributed by atoms with van der Waals surface area (Å²) in [5, 5.41) is 3.19. The first kappa shape index (κ1) is 14.8. The summed E-state index contributed by atoms with van der Waals surface area (Å²) in [4.78, 5) is 2.10. The van der Waals surface area contributed by atoms with Crippen molar-refractivity contribution in [2.24, 2.45) is 0 Å². The fourth-order valence-electron chi connectivity index (χ4n) is 1.90. The van der Waals surface area contributed by atoms with Gasteiger partial charge >= 0.3 is 0 Å². The molecular weight excluding hydrogens is 274 g/mol. The molecule has 0 saturated carbocycles. The van der Waals surface area contributed by atoms with Gasteiger partial charge in [-0.05, 0) is 39.1 Å². The monoisotopic (exact) mass is 295 g/mol. The number of unbranched alkanes of at least 4 members (excludes halogenated alkanes) is 1. The van der Waals surface area contributed by atoms with Gasteiger partial charge < -0.3 is 20.4 Å². The van der Waals surface area contributed by atoms with Crippen LogP contribution in [0.4, 0.5) is 11.6 Å². The summed E-state index contributed by atoms with van der Waals surface area (Å²) in [6.07, 6.45) is 3.07. The Morgan fingerprint density at radius 2 is 2.05 bits per heavy atom. The topological polar surface area (TPSA) is 80.2 Å². The van der Waals surface area contributed by atoms with E-state index >= 15 is 0 Å². The van der Waals surface area contributed by atoms with E-state index in [1.54, 1.807) is 0 Å². The number of nitrogens with zero attached hydrogens (tertiary/aromatic N) is 3. The summed E-state index contributed by atoms with van der Waals surface area (Å²) in [6, 6.07) is 4.11. The first-order valence-corrected chi connectivity index (χ1v) is 7.42. The molecule has 0 aliphatic rings. The molecule has 2 aromatic heterocycles. The molecule has 110 valence electrons. The molecule has 0 aromatic carbocycles. The summed E-state index contributed by atoms with van der Waals surface area (Å²) >= 11 is 1.13. The van der Waals surface area contributed by atoms with Crippen LogP contribution in [0.25, 0.3) is 0 Å². The molecule has 0 saturated heterocycles. The van der Waals surface area contributed by atoms with Gasteiger partial charge in [-0.25, -0.2) is 0 Å². The van der Waals surface area contributed by atoms with Gasteiger partial charge in [-0.2, -0.15) is 8.75 Å². The van der Waals surface area contributed by atoms with Crippen LogP contribution in [-0.2, 0) is 13.0 Å². The van der Waals surface area contributed by atoms with E-state index in [2.05, 4.69) is 31.1 Å². The Bertz CT molecular complexity index is 522. The van der Waals surface area contributed by atoms with Gasteiger partial charge in [0.1, 0.15) is 11.5 Å². The SMILES string of the molecule is CN(C)Cc1ccc(CCCCNc2nsnc2N)o1. The second-order valence-corrected chi connectivity index (χ2v) is 5.52. The maximum Gasteiger partial charge on any atom is 0.184 e. The number of furan rings is 1. The largest absolute Gasteiger partial charge is 0.465 e. The van der Waals surface area contributed by atoms with Crippen molar-refractivity contribution in [3.8, 4) is 0 Å². The van der Waals surface area contributed by atoms with Gasteiger partial charge in [-0.3, -0.25) is 0 Å². The summed E-state index contributed by atoms with van der Waals surface area (Å²) in [5.41, 5.74) is 5.64. The van der Waals surface area contributed by atoms with Gasteiger partial charge in [0, 0.05) is 13.0 Å². The molecule has 20 heavy (non-hydrogen) atoms. The van der Waals surface area contributed by atoms with E-state index in [0.29, 0.717) is 11.6 Å². The van der Waals surface area contributed by atoms with Crippen LogP contribution in [0.2, 0.25) is 0 Å². The van der Waals surface area contributed by atoms with E-state index < -0.39 is 0 Å². The Kier molecular flexibility index (Phi) is 5.37. The van der Waals surface area contributed by atoms with E-state index in [1.165, 1.54) is 0 Å². The number of nitrogen functional groups attached to an aromatic ring is 1. The lowest BCUT2D eigenvalue weighted by molar-refractivity contribution is 0.341. The second-order valence-electron chi connectivity index (χ2n) is 4.99. The maximum absolute atomic E-state index is 5.76. The number of anilines is 2. The molecule has 6 nitrogen and oxygen atoms in total. The standard InChI is InChI=1S/C13H21N5OS/c1-18(2)9-11-7-6-10(19-11)5-3-4-8-15-13-12(14)16-20-17-13/h6-7H,3-5,8-9H2,1-2H3,(H2,14,16)(H,15,17). The lowest BCUT2D eigenvalue weighted by atomic mass is 10.2. The third-order valence-electron chi connectivity index (χ3n) is 2.85. The predicted molar refractivity (Wildman–Crippen MR) is 81.8 cm³/mol. The molecule has 0 bridgehead atoms. The highest BCUT2D eigenvalue weighted by Gasteiger charge is 2.04. The number of nitrogens with one attached hydrogen (secondary N) is 1. The molecule has 2 heterocycles. The van der Waals surface area contributed by atoms with Crippen molar-refractivity contribution in [1.82, 2.24) is 13.6 Å². The van der Waals surface area contributed by atoms with E-state index in [1.807, 2.05) is 14.1 Å².